The first-order chi connectivity index (χ1) is 8.78. The Morgan fingerprint density at radius 3 is 2.50 bits per heavy atom. The smallest absolute Gasteiger partial charge is 0.0555 e. The van der Waals surface area contributed by atoms with Crippen LogP contribution in [0.2, 0.25) is 0 Å². The lowest BCUT2D eigenvalue weighted by atomic mass is 9.99. The van der Waals surface area contributed by atoms with Crippen molar-refractivity contribution in [3.05, 3.63) is 35.4 Å². The maximum Gasteiger partial charge on any atom is 0.0555 e. The van der Waals surface area contributed by atoms with Crippen molar-refractivity contribution in [2.75, 3.05) is 19.6 Å². The maximum atomic E-state index is 5.36. The monoisotopic (exact) mass is 242 g/mol. The zero-order chi connectivity index (χ0) is 12.8. The van der Waals surface area contributed by atoms with E-state index in [1.165, 1.54) is 31.5 Å². The summed E-state index contributed by atoms with van der Waals surface area (Å²) in [5.74, 6) is 6.83. The molecule has 0 radical (unpaired) electrons. The summed E-state index contributed by atoms with van der Waals surface area (Å²) in [7, 11) is 0. The predicted octanol–water partition coefficient (Wildman–Crippen LogP) is 2.23. The van der Waals surface area contributed by atoms with Crippen molar-refractivity contribution in [3.8, 4) is 11.8 Å². The average molecular weight is 242 g/mol. The molecule has 1 aromatic carbocycles. The van der Waals surface area contributed by atoms with Crippen LogP contribution in [0, 0.1) is 17.8 Å². The summed E-state index contributed by atoms with van der Waals surface area (Å²) in [6.07, 6.45) is 2.67. The molecule has 1 heterocycles. The average Bonchev–Trinajstić information content (AvgIpc) is 2.41. The topological polar surface area (TPSA) is 29.3 Å². The number of piperidine rings is 1. The molecule has 1 fully saturated rings. The van der Waals surface area contributed by atoms with Crippen molar-refractivity contribution >= 4 is 0 Å². The van der Waals surface area contributed by atoms with Crippen molar-refractivity contribution < 1.29 is 0 Å². The van der Waals surface area contributed by atoms with E-state index < -0.39 is 0 Å². The zero-order valence-corrected chi connectivity index (χ0v) is 11.2. The molecular formula is C16H22N2. The molecule has 96 valence electrons. The highest BCUT2D eigenvalue weighted by molar-refractivity contribution is 5.36. The Labute approximate surface area is 110 Å². The Kier molecular flexibility index (Phi) is 4.81. The molecule has 2 heteroatoms. The Hall–Kier alpha value is -1.30. The second kappa shape index (κ2) is 6.58. The summed E-state index contributed by atoms with van der Waals surface area (Å²) in [6, 6.07) is 8.53. The van der Waals surface area contributed by atoms with Gasteiger partial charge in [0.1, 0.15) is 0 Å². The summed E-state index contributed by atoms with van der Waals surface area (Å²) in [5.41, 5.74) is 7.79. The second-order valence-corrected chi connectivity index (χ2v) is 5.16. The van der Waals surface area contributed by atoms with Crippen LogP contribution >= 0.6 is 0 Å². The predicted molar refractivity (Wildman–Crippen MR) is 76.0 cm³/mol. The summed E-state index contributed by atoms with van der Waals surface area (Å²) in [6.45, 7) is 6.30. The molecule has 0 spiro atoms. The minimum Gasteiger partial charge on any atom is -0.320 e. The van der Waals surface area contributed by atoms with Crippen LogP contribution in [-0.4, -0.2) is 24.5 Å². The molecule has 1 aliphatic heterocycles. The van der Waals surface area contributed by atoms with Crippen molar-refractivity contribution in [1.29, 1.82) is 0 Å². The number of likely N-dealkylation sites (tertiary alicyclic amines) is 1. The minimum atomic E-state index is 0.424. The molecule has 2 N–H and O–H groups in total. The first kappa shape index (κ1) is 13.1. The third-order valence-corrected chi connectivity index (χ3v) is 3.57. The Balaban J connectivity index is 1.90. The summed E-state index contributed by atoms with van der Waals surface area (Å²) in [5, 5.41) is 0. The van der Waals surface area contributed by atoms with E-state index in [-0.39, 0.29) is 0 Å². The van der Waals surface area contributed by atoms with Gasteiger partial charge in [0.2, 0.25) is 0 Å². The van der Waals surface area contributed by atoms with Crippen molar-refractivity contribution in [3.63, 3.8) is 0 Å². The van der Waals surface area contributed by atoms with E-state index in [9.17, 15) is 0 Å². The highest BCUT2D eigenvalue weighted by atomic mass is 15.1. The number of nitrogens with two attached hydrogens (primary N) is 1. The molecule has 1 saturated heterocycles. The fourth-order valence-corrected chi connectivity index (χ4v) is 2.32. The van der Waals surface area contributed by atoms with Gasteiger partial charge in [-0.2, -0.15) is 0 Å². The van der Waals surface area contributed by atoms with E-state index in [0.717, 1.165) is 18.0 Å². The number of hydrogen-bond donors (Lipinski definition) is 1. The van der Waals surface area contributed by atoms with Crippen LogP contribution in [-0.2, 0) is 6.54 Å². The van der Waals surface area contributed by atoms with Gasteiger partial charge in [-0.1, -0.05) is 30.9 Å². The molecule has 0 unspecified atom stereocenters. The number of hydrogen-bond acceptors (Lipinski definition) is 2. The highest BCUT2D eigenvalue weighted by Crippen LogP contribution is 2.18. The Morgan fingerprint density at radius 1 is 1.22 bits per heavy atom. The van der Waals surface area contributed by atoms with Gasteiger partial charge in [-0.15, -0.1) is 0 Å². The van der Waals surface area contributed by atoms with E-state index in [1.807, 2.05) is 0 Å². The third-order valence-electron chi connectivity index (χ3n) is 3.57. The van der Waals surface area contributed by atoms with Crippen LogP contribution in [0.1, 0.15) is 30.9 Å². The van der Waals surface area contributed by atoms with Gasteiger partial charge in [0.05, 0.1) is 6.54 Å². The third kappa shape index (κ3) is 3.87. The normalized spacial score (nSPS) is 17.2. The molecule has 0 aromatic heterocycles. The van der Waals surface area contributed by atoms with Crippen molar-refractivity contribution in [2.45, 2.75) is 26.3 Å². The van der Waals surface area contributed by atoms with E-state index in [0.29, 0.717) is 6.54 Å². The number of nitrogens with zero attached hydrogens (tertiary/aromatic N) is 1. The number of benzene rings is 1. The van der Waals surface area contributed by atoms with E-state index >= 15 is 0 Å². The zero-order valence-electron chi connectivity index (χ0n) is 11.2. The maximum absolute atomic E-state index is 5.36. The molecule has 2 nitrogen and oxygen atoms in total. The molecule has 1 aromatic rings. The van der Waals surface area contributed by atoms with Crippen LogP contribution in [0.15, 0.2) is 24.3 Å². The van der Waals surface area contributed by atoms with Gasteiger partial charge in [-0.05, 0) is 49.5 Å². The standard InChI is InChI=1S/C16H22N2/c1-14-8-11-18(12-9-14)13-16-6-4-15(5-7-16)3-2-10-17/h4-7,14H,8-13,17H2,1H3. The van der Waals surface area contributed by atoms with E-state index in [1.54, 1.807) is 0 Å². The minimum absolute atomic E-state index is 0.424. The van der Waals surface area contributed by atoms with Crippen LogP contribution in [0.5, 0.6) is 0 Å². The highest BCUT2D eigenvalue weighted by Gasteiger charge is 2.15. The molecule has 1 aliphatic rings. The quantitative estimate of drug-likeness (QED) is 0.806. The van der Waals surface area contributed by atoms with Crippen LogP contribution in [0.3, 0.4) is 0 Å². The molecule has 18 heavy (non-hydrogen) atoms. The van der Waals surface area contributed by atoms with E-state index in [4.69, 9.17) is 5.73 Å². The van der Waals surface area contributed by atoms with Crippen LogP contribution in [0.25, 0.3) is 0 Å². The fraction of sp³-hybridized carbons (Fsp3) is 0.500. The van der Waals surface area contributed by atoms with Crippen LogP contribution < -0.4 is 5.73 Å². The molecule has 0 amide bonds. The van der Waals surface area contributed by atoms with Crippen LogP contribution in [0.4, 0.5) is 0 Å². The Morgan fingerprint density at radius 2 is 1.89 bits per heavy atom. The fourth-order valence-electron chi connectivity index (χ4n) is 2.32. The van der Waals surface area contributed by atoms with Gasteiger partial charge in [0.15, 0.2) is 0 Å². The van der Waals surface area contributed by atoms with Crippen molar-refractivity contribution in [1.82, 2.24) is 4.90 Å². The summed E-state index contributed by atoms with van der Waals surface area (Å²) >= 11 is 0. The molecule has 0 saturated carbocycles. The SMILES string of the molecule is CC1CCN(Cc2ccc(C#CCN)cc2)CC1. The van der Waals surface area contributed by atoms with E-state index in [2.05, 4.69) is 47.9 Å². The lowest BCUT2D eigenvalue weighted by Crippen LogP contribution is -2.32. The van der Waals surface area contributed by atoms with Gasteiger partial charge in [0, 0.05) is 12.1 Å². The van der Waals surface area contributed by atoms with Gasteiger partial charge in [0.25, 0.3) is 0 Å². The van der Waals surface area contributed by atoms with Gasteiger partial charge in [-0.3, -0.25) is 4.90 Å². The lowest BCUT2D eigenvalue weighted by Gasteiger charge is -2.30. The summed E-state index contributed by atoms with van der Waals surface area (Å²) < 4.78 is 0. The Bertz CT molecular complexity index is 417. The lowest BCUT2D eigenvalue weighted by molar-refractivity contribution is 0.185. The summed E-state index contributed by atoms with van der Waals surface area (Å²) in [4.78, 5) is 2.54. The molecular weight excluding hydrogens is 220 g/mol. The largest absolute Gasteiger partial charge is 0.320 e. The molecule has 0 bridgehead atoms. The van der Waals surface area contributed by atoms with Crippen molar-refractivity contribution in [2.24, 2.45) is 11.7 Å². The molecule has 0 aliphatic carbocycles. The van der Waals surface area contributed by atoms with Gasteiger partial charge < -0.3 is 5.73 Å². The van der Waals surface area contributed by atoms with Gasteiger partial charge in [-0.25, -0.2) is 0 Å². The first-order valence-corrected chi connectivity index (χ1v) is 6.78. The first-order valence-electron chi connectivity index (χ1n) is 6.78. The second-order valence-electron chi connectivity index (χ2n) is 5.16. The van der Waals surface area contributed by atoms with Gasteiger partial charge >= 0.3 is 0 Å². The number of rotatable bonds is 2. The molecule has 2 rings (SSSR count). The molecule has 0 atom stereocenters.